The summed E-state index contributed by atoms with van der Waals surface area (Å²) in [5.74, 6) is -0.845. The van der Waals surface area contributed by atoms with Crippen LogP contribution in [-0.2, 0) is 6.54 Å². The number of halogens is 4. The van der Waals surface area contributed by atoms with E-state index < -0.39 is 12.2 Å². The third-order valence-corrected chi connectivity index (χ3v) is 3.68. The molecule has 0 spiro atoms. The monoisotopic (exact) mass is 351 g/mol. The second kappa shape index (κ2) is 6.16. The Morgan fingerprint density at radius 1 is 1.16 bits per heavy atom. The molecule has 3 rings (SSSR count). The van der Waals surface area contributed by atoms with Crippen LogP contribution in [0.5, 0.6) is 11.6 Å². The molecule has 1 N–H and O–H groups in total. The van der Waals surface area contributed by atoms with Gasteiger partial charge in [0.05, 0.1) is 11.9 Å². The highest BCUT2D eigenvalue weighted by Gasteiger charge is 2.30. The lowest BCUT2D eigenvalue weighted by molar-refractivity contribution is -0.274. The molecule has 0 aliphatic carbocycles. The summed E-state index contributed by atoms with van der Waals surface area (Å²) in [4.78, 5) is 0. The third-order valence-electron chi connectivity index (χ3n) is 3.68. The van der Waals surface area contributed by atoms with Gasteiger partial charge >= 0.3 is 6.36 Å². The predicted molar refractivity (Wildman–Crippen MR) is 85.9 cm³/mol. The average molecular weight is 351 g/mol. The van der Waals surface area contributed by atoms with Crippen molar-refractivity contribution in [2.24, 2.45) is 0 Å². The molecule has 7 heteroatoms. The maximum absolute atomic E-state index is 13.6. The van der Waals surface area contributed by atoms with Gasteiger partial charge in [-0.2, -0.15) is 0 Å². The minimum Gasteiger partial charge on any atom is -0.494 e. The normalized spacial score (nSPS) is 11.7. The molecule has 0 atom stereocenters. The van der Waals surface area contributed by atoms with Crippen LogP contribution in [0, 0.1) is 5.82 Å². The lowest BCUT2D eigenvalue weighted by Crippen LogP contribution is -2.17. The lowest BCUT2D eigenvalue weighted by Gasteiger charge is -2.10. The van der Waals surface area contributed by atoms with Gasteiger partial charge < -0.3 is 14.4 Å². The Bertz CT molecular complexity index is 927. The van der Waals surface area contributed by atoms with Crippen LogP contribution in [0.3, 0.4) is 0 Å². The molecule has 2 aromatic carbocycles. The summed E-state index contributed by atoms with van der Waals surface area (Å²) in [7, 11) is 0. The van der Waals surface area contributed by atoms with Crippen molar-refractivity contribution in [2.45, 2.75) is 12.9 Å². The first-order chi connectivity index (χ1) is 11.8. The minimum atomic E-state index is -4.75. The van der Waals surface area contributed by atoms with Crippen molar-refractivity contribution < 1.29 is 27.4 Å². The van der Waals surface area contributed by atoms with Gasteiger partial charge in [-0.05, 0) is 35.4 Å². The van der Waals surface area contributed by atoms with E-state index in [1.807, 2.05) is 0 Å². The SMILES string of the molecule is C=Cc1cc(F)cc2cn(Cc3ccc(OC(F)(F)F)cc3)c(O)c12. The molecule has 0 radical (unpaired) electrons. The first-order valence-corrected chi connectivity index (χ1v) is 7.25. The van der Waals surface area contributed by atoms with Crippen LogP contribution in [0.15, 0.2) is 49.2 Å². The Kier molecular flexibility index (Phi) is 4.16. The molecule has 1 heterocycles. The lowest BCUT2D eigenvalue weighted by atomic mass is 10.1. The number of alkyl halides is 3. The first kappa shape index (κ1) is 16.9. The van der Waals surface area contributed by atoms with Crippen LogP contribution >= 0.6 is 0 Å². The molecule has 0 saturated heterocycles. The summed E-state index contributed by atoms with van der Waals surface area (Å²) in [6, 6.07) is 7.86. The first-order valence-electron chi connectivity index (χ1n) is 7.25. The van der Waals surface area contributed by atoms with Gasteiger partial charge in [0.1, 0.15) is 11.6 Å². The summed E-state index contributed by atoms with van der Waals surface area (Å²) < 4.78 is 55.4. The average Bonchev–Trinajstić information content (AvgIpc) is 2.83. The topological polar surface area (TPSA) is 34.4 Å². The van der Waals surface area contributed by atoms with Crippen molar-refractivity contribution in [1.29, 1.82) is 0 Å². The highest BCUT2D eigenvalue weighted by atomic mass is 19.4. The smallest absolute Gasteiger partial charge is 0.494 e. The molecule has 0 aliphatic rings. The number of hydrogen-bond donors (Lipinski definition) is 1. The van der Waals surface area contributed by atoms with Crippen LogP contribution in [0.1, 0.15) is 11.1 Å². The van der Waals surface area contributed by atoms with E-state index in [0.29, 0.717) is 21.9 Å². The van der Waals surface area contributed by atoms with Gasteiger partial charge in [-0.25, -0.2) is 4.39 Å². The predicted octanol–water partition coefficient (Wildman–Crippen LogP) is 5.08. The molecule has 130 valence electrons. The summed E-state index contributed by atoms with van der Waals surface area (Å²) >= 11 is 0. The maximum atomic E-state index is 13.6. The molecule has 0 saturated carbocycles. The number of aromatic hydroxyl groups is 1. The molecule has 0 bridgehead atoms. The highest BCUT2D eigenvalue weighted by molar-refractivity contribution is 5.95. The van der Waals surface area contributed by atoms with Gasteiger partial charge in [0.15, 0.2) is 5.88 Å². The van der Waals surface area contributed by atoms with Gasteiger partial charge in [-0.3, -0.25) is 0 Å². The maximum Gasteiger partial charge on any atom is 0.573 e. The number of rotatable bonds is 4. The van der Waals surface area contributed by atoms with Gasteiger partial charge in [0.2, 0.25) is 0 Å². The summed E-state index contributed by atoms with van der Waals surface area (Å²) in [6.07, 6.45) is -1.73. The Balaban J connectivity index is 1.90. The Hall–Kier alpha value is -2.96. The van der Waals surface area contributed by atoms with Crippen molar-refractivity contribution >= 4 is 16.8 Å². The van der Waals surface area contributed by atoms with Gasteiger partial charge in [-0.1, -0.05) is 24.8 Å². The zero-order chi connectivity index (χ0) is 18.2. The van der Waals surface area contributed by atoms with E-state index in [2.05, 4.69) is 11.3 Å². The minimum absolute atomic E-state index is 0.0690. The van der Waals surface area contributed by atoms with Crippen molar-refractivity contribution in [3.8, 4) is 11.6 Å². The van der Waals surface area contributed by atoms with Crippen molar-refractivity contribution in [2.75, 3.05) is 0 Å². The van der Waals surface area contributed by atoms with E-state index in [-0.39, 0.29) is 18.2 Å². The van der Waals surface area contributed by atoms with E-state index in [4.69, 9.17) is 0 Å². The fourth-order valence-corrected chi connectivity index (χ4v) is 2.66. The molecule has 0 unspecified atom stereocenters. The van der Waals surface area contributed by atoms with E-state index in [1.54, 1.807) is 6.20 Å². The van der Waals surface area contributed by atoms with Crippen LogP contribution in [0.2, 0.25) is 0 Å². The van der Waals surface area contributed by atoms with Crippen molar-refractivity contribution in [3.63, 3.8) is 0 Å². The fourth-order valence-electron chi connectivity index (χ4n) is 2.66. The molecule has 1 aromatic heterocycles. The Morgan fingerprint density at radius 2 is 1.84 bits per heavy atom. The van der Waals surface area contributed by atoms with E-state index in [1.165, 1.54) is 47.0 Å². The number of fused-ring (bicyclic) bond motifs is 1. The fraction of sp³-hybridized carbons (Fsp3) is 0.111. The van der Waals surface area contributed by atoms with Crippen LogP contribution < -0.4 is 4.74 Å². The largest absolute Gasteiger partial charge is 0.573 e. The van der Waals surface area contributed by atoms with Crippen LogP contribution in [-0.4, -0.2) is 16.0 Å². The van der Waals surface area contributed by atoms with Crippen LogP contribution in [0.25, 0.3) is 16.8 Å². The summed E-state index contributed by atoms with van der Waals surface area (Å²) in [6.45, 7) is 3.80. The molecule has 3 aromatic rings. The van der Waals surface area contributed by atoms with Crippen molar-refractivity contribution in [1.82, 2.24) is 4.57 Å². The van der Waals surface area contributed by atoms with Gasteiger partial charge in [0.25, 0.3) is 0 Å². The molecular formula is C18H13F4NO2. The third kappa shape index (κ3) is 3.60. The molecule has 25 heavy (non-hydrogen) atoms. The summed E-state index contributed by atoms with van der Waals surface area (Å²) in [5.41, 5.74) is 1.10. The number of hydrogen-bond acceptors (Lipinski definition) is 2. The van der Waals surface area contributed by atoms with E-state index >= 15 is 0 Å². The Labute approximate surface area is 140 Å². The second-order valence-corrected chi connectivity index (χ2v) is 5.44. The van der Waals surface area contributed by atoms with Gasteiger partial charge in [-0.15, -0.1) is 13.2 Å². The molecular weight excluding hydrogens is 338 g/mol. The quantitative estimate of drug-likeness (QED) is 0.666. The number of aromatic nitrogens is 1. The zero-order valence-electron chi connectivity index (χ0n) is 12.8. The van der Waals surface area contributed by atoms with E-state index in [0.717, 1.165) is 0 Å². The number of benzene rings is 2. The molecule has 0 fully saturated rings. The molecule has 3 nitrogen and oxygen atoms in total. The molecule has 0 aliphatic heterocycles. The van der Waals surface area contributed by atoms with Crippen molar-refractivity contribution in [3.05, 3.63) is 66.1 Å². The summed E-state index contributed by atoms with van der Waals surface area (Å²) in [5, 5.41) is 11.4. The molecule has 0 amide bonds. The second-order valence-electron chi connectivity index (χ2n) is 5.44. The number of ether oxygens (including phenoxy) is 1. The zero-order valence-corrected chi connectivity index (χ0v) is 12.8. The van der Waals surface area contributed by atoms with Crippen LogP contribution in [0.4, 0.5) is 17.6 Å². The van der Waals surface area contributed by atoms with E-state index in [9.17, 15) is 22.7 Å². The van der Waals surface area contributed by atoms with Gasteiger partial charge in [0, 0.05) is 11.6 Å². The Morgan fingerprint density at radius 3 is 2.44 bits per heavy atom. The number of nitrogens with zero attached hydrogens (tertiary/aromatic N) is 1. The highest BCUT2D eigenvalue weighted by Crippen LogP contribution is 2.33. The standard InChI is InChI=1S/C18H13F4NO2/c1-2-12-7-14(19)8-13-10-23(17(24)16(12)13)9-11-3-5-15(6-4-11)25-18(20,21)22/h2-8,10,24H,1,9H2.